The summed E-state index contributed by atoms with van der Waals surface area (Å²) in [4.78, 5) is 12.9. The highest BCUT2D eigenvalue weighted by Gasteiger charge is 2.28. The van der Waals surface area contributed by atoms with Crippen LogP contribution in [0.2, 0.25) is 5.02 Å². The van der Waals surface area contributed by atoms with Gasteiger partial charge in [0.15, 0.2) is 0 Å². The largest absolute Gasteiger partial charge is 0.352 e. The summed E-state index contributed by atoms with van der Waals surface area (Å²) in [6.45, 7) is 1.61. The third kappa shape index (κ3) is 5.73. The number of aryl methyl sites for hydroxylation is 1. The van der Waals surface area contributed by atoms with Crippen LogP contribution in [-0.2, 0) is 14.8 Å². The molecule has 1 aliphatic rings. The summed E-state index contributed by atoms with van der Waals surface area (Å²) >= 11 is 6.09. The smallest absolute Gasteiger partial charge is 0.264 e. The maximum absolute atomic E-state index is 13.3. The standard InChI is InChI=1S/C22H27ClN2O3S/c1-17-11-13-21(14-12-17)29(27,28)25(20-10-6-7-18(23)15-20)16-22(26)24-19-8-4-2-3-5-9-19/h6-7,10-15,19H,2-5,8-9,16H2,1H3,(H,24,26). The molecular weight excluding hydrogens is 408 g/mol. The van der Waals surface area contributed by atoms with Gasteiger partial charge >= 0.3 is 0 Å². The maximum Gasteiger partial charge on any atom is 0.264 e. The molecule has 2 aromatic carbocycles. The predicted molar refractivity (Wildman–Crippen MR) is 117 cm³/mol. The Labute approximate surface area is 178 Å². The van der Waals surface area contributed by atoms with E-state index in [1.807, 2.05) is 6.92 Å². The highest BCUT2D eigenvalue weighted by atomic mass is 35.5. The van der Waals surface area contributed by atoms with Crippen molar-refractivity contribution in [1.29, 1.82) is 0 Å². The second-order valence-electron chi connectivity index (χ2n) is 7.56. The number of carbonyl (C=O) groups excluding carboxylic acids is 1. The molecule has 7 heteroatoms. The van der Waals surface area contributed by atoms with Gasteiger partial charge in [-0.1, -0.05) is 61.0 Å². The zero-order valence-electron chi connectivity index (χ0n) is 16.6. The summed E-state index contributed by atoms with van der Waals surface area (Å²) in [6, 6.07) is 13.3. The average molecular weight is 435 g/mol. The number of sulfonamides is 1. The zero-order valence-corrected chi connectivity index (χ0v) is 18.2. The van der Waals surface area contributed by atoms with E-state index < -0.39 is 10.0 Å². The molecular formula is C22H27ClN2O3S. The Bertz CT molecular complexity index is 937. The summed E-state index contributed by atoms with van der Waals surface area (Å²) in [5.74, 6) is -0.299. The molecule has 156 valence electrons. The lowest BCUT2D eigenvalue weighted by Gasteiger charge is -2.25. The minimum absolute atomic E-state index is 0.105. The third-order valence-corrected chi connectivity index (χ3v) is 7.24. The van der Waals surface area contributed by atoms with Gasteiger partial charge < -0.3 is 5.32 Å². The van der Waals surface area contributed by atoms with Gasteiger partial charge in [0.1, 0.15) is 6.54 Å². The molecule has 0 radical (unpaired) electrons. The molecule has 29 heavy (non-hydrogen) atoms. The number of halogens is 1. The van der Waals surface area contributed by atoms with E-state index >= 15 is 0 Å². The van der Waals surface area contributed by atoms with E-state index in [0.29, 0.717) is 10.7 Å². The second-order valence-corrected chi connectivity index (χ2v) is 9.86. The SMILES string of the molecule is Cc1ccc(S(=O)(=O)N(CC(=O)NC2CCCCCC2)c2cccc(Cl)c2)cc1. The van der Waals surface area contributed by atoms with E-state index in [1.165, 1.54) is 12.8 Å². The molecule has 0 aromatic heterocycles. The summed E-state index contributed by atoms with van der Waals surface area (Å²) in [6.07, 6.45) is 6.42. The van der Waals surface area contributed by atoms with Crippen molar-refractivity contribution in [3.63, 3.8) is 0 Å². The monoisotopic (exact) mass is 434 g/mol. The number of rotatable bonds is 6. The minimum atomic E-state index is -3.92. The van der Waals surface area contributed by atoms with Crippen LogP contribution in [0, 0.1) is 6.92 Å². The predicted octanol–water partition coefficient (Wildman–Crippen LogP) is 4.68. The molecule has 0 unspecified atom stereocenters. The van der Waals surface area contributed by atoms with Crippen LogP contribution in [0.5, 0.6) is 0 Å². The van der Waals surface area contributed by atoms with Gasteiger partial charge in [-0.15, -0.1) is 0 Å². The van der Waals surface area contributed by atoms with E-state index in [1.54, 1.807) is 48.5 Å². The molecule has 1 N–H and O–H groups in total. The van der Waals surface area contributed by atoms with Crippen LogP contribution in [-0.4, -0.2) is 26.9 Å². The highest BCUT2D eigenvalue weighted by Crippen LogP contribution is 2.26. The fraction of sp³-hybridized carbons (Fsp3) is 0.409. The number of carbonyl (C=O) groups is 1. The van der Waals surface area contributed by atoms with Crippen molar-refractivity contribution < 1.29 is 13.2 Å². The molecule has 1 saturated carbocycles. The molecule has 0 aliphatic heterocycles. The van der Waals surface area contributed by atoms with Crippen molar-refractivity contribution in [2.24, 2.45) is 0 Å². The van der Waals surface area contributed by atoms with Crippen molar-refractivity contribution in [3.8, 4) is 0 Å². The van der Waals surface area contributed by atoms with Crippen LogP contribution in [0.4, 0.5) is 5.69 Å². The van der Waals surface area contributed by atoms with Crippen molar-refractivity contribution in [3.05, 3.63) is 59.1 Å². The van der Waals surface area contributed by atoms with Crippen LogP contribution in [0.15, 0.2) is 53.4 Å². The molecule has 5 nitrogen and oxygen atoms in total. The minimum Gasteiger partial charge on any atom is -0.352 e. The molecule has 0 spiro atoms. The molecule has 0 atom stereocenters. The molecule has 0 saturated heterocycles. The maximum atomic E-state index is 13.3. The molecule has 2 aromatic rings. The third-order valence-electron chi connectivity index (χ3n) is 5.21. The number of nitrogens with zero attached hydrogens (tertiary/aromatic N) is 1. The van der Waals surface area contributed by atoms with Crippen LogP contribution >= 0.6 is 11.6 Å². The highest BCUT2D eigenvalue weighted by molar-refractivity contribution is 7.92. The van der Waals surface area contributed by atoms with Gasteiger partial charge in [-0.25, -0.2) is 8.42 Å². The van der Waals surface area contributed by atoms with Gasteiger partial charge in [-0.2, -0.15) is 0 Å². The lowest BCUT2D eigenvalue weighted by molar-refractivity contribution is -0.120. The number of benzene rings is 2. The Balaban J connectivity index is 1.87. The Morgan fingerprint density at radius 3 is 2.34 bits per heavy atom. The normalized spacial score (nSPS) is 15.5. The second kappa shape index (κ2) is 9.63. The molecule has 0 bridgehead atoms. The molecule has 1 fully saturated rings. The van der Waals surface area contributed by atoms with Gasteiger partial charge in [0.05, 0.1) is 10.6 Å². The Morgan fingerprint density at radius 1 is 1.07 bits per heavy atom. The first-order valence-electron chi connectivity index (χ1n) is 10.0. The van der Waals surface area contributed by atoms with Gasteiger partial charge in [0.2, 0.25) is 5.91 Å². The molecule has 1 aliphatic carbocycles. The van der Waals surface area contributed by atoms with Gasteiger partial charge in [-0.3, -0.25) is 9.10 Å². The van der Waals surface area contributed by atoms with Crippen LogP contribution in [0.1, 0.15) is 44.1 Å². The van der Waals surface area contributed by atoms with Crippen LogP contribution < -0.4 is 9.62 Å². The molecule has 0 heterocycles. The Kier molecular flexibility index (Phi) is 7.19. The number of amides is 1. The van der Waals surface area contributed by atoms with Crippen molar-refractivity contribution in [1.82, 2.24) is 5.32 Å². The van der Waals surface area contributed by atoms with Crippen molar-refractivity contribution in [2.45, 2.75) is 56.4 Å². The van der Waals surface area contributed by atoms with Gasteiger partial charge in [-0.05, 0) is 50.1 Å². The summed E-state index contributed by atoms with van der Waals surface area (Å²) in [7, 11) is -3.92. The fourth-order valence-electron chi connectivity index (χ4n) is 3.61. The lowest BCUT2D eigenvalue weighted by Crippen LogP contribution is -2.44. The number of nitrogens with one attached hydrogen (secondary N) is 1. The number of anilines is 1. The van der Waals surface area contributed by atoms with Gasteiger partial charge in [0, 0.05) is 11.1 Å². The topological polar surface area (TPSA) is 66.5 Å². The first-order valence-corrected chi connectivity index (χ1v) is 11.8. The summed E-state index contributed by atoms with van der Waals surface area (Å²) in [5.41, 5.74) is 1.33. The molecule has 3 rings (SSSR count). The van der Waals surface area contributed by atoms with E-state index in [2.05, 4.69) is 5.32 Å². The van der Waals surface area contributed by atoms with Crippen molar-refractivity contribution in [2.75, 3.05) is 10.8 Å². The number of hydrogen-bond acceptors (Lipinski definition) is 3. The Morgan fingerprint density at radius 2 is 1.72 bits per heavy atom. The number of hydrogen-bond donors (Lipinski definition) is 1. The van der Waals surface area contributed by atoms with Crippen LogP contribution in [0.25, 0.3) is 0 Å². The average Bonchev–Trinajstić information content (AvgIpc) is 2.95. The van der Waals surface area contributed by atoms with E-state index in [4.69, 9.17) is 11.6 Å². The first kappa shape index (κ1) is 21.7. The Hall–Kier alpha value is -2.05. The summed E-state index contributed by atoms with van der Waals surface area (Å²) in [5, 5.41) is 3.44. The quantitative estimate of drug-likeness (QED) is 0.671. The zero-order chi connectivity index (χ0) is 20.9. The van der Waals surface area contributed by atoms with E-state index in [-0.39, 0.29) is 23.4 Å². The van der Waals surface area contributed by atoms with E-state index in [9.17, 15) is 13.2 Å². The van der Waals surface area contributed by atoms with Crippen LogP contribution in [0.3, 0.4) is 0 Å². The first-order chi connectivity index (χ1) is 13.9. The van der Waals surface area contributed by atoms with Gasteiger partial charge in [0.25, 0.3) is 10.0 Å². The molecule has 1 amide bonds. The van der Waals surface area contributed by atoms with Crippen molar-refractivity contribution >= 4 is 33.2 Å². The fourth-order valence-corrected chi connectivity index (χ4v) is 5.21. The van der Waals surface area contributed by atoms with E-state index in [0.717, 1.165) is 35.6 Å². The lowest BCUT2D eigenvalue weighted by atomic mass is 10.1. The summed E-state index contributed by atoms with van der Waals surface area (Å²) < 4.78 is 27.8.